The lowest BCUT2D eigenvalue weighted by molar-refractivity contribution is 0.495. The summed E-state index contributed by atoms with van der Waals surface area (Å²) in [6.07, 6.45) is 3.30. The van der Waals surface area contributed by atoms with Crippen LogP contribution in [-0.4, -0.2) is 19.5 Å². The number of nitriles is 1. The molecule has 0 fully saturated rings. The molecule has 128 valence electrons. The third-order valence-electron chi connectivity index (χ3n) is 3.80. The van der Waals surface area contributed by atoms with E-state index in [9.17, 15) is 8.60 Å². The van der Waals surface area contributed by atoms with Gasteiger partial charge in [0.25, 0.3) is 0 Å². The molecule has 0 radical (unpaired) electrons. The average Bonchev–Trinajstić information content (AvgIpc) is 2.92. The quantitative estimate of drug-likeness (QED) is 0.872. The Labute approximate surface area is 144 Å². The standard InChI is InChI=1S/C17H21FN4OS/c1-12(2)10-24(23)21-17(3,16-9-20-11-22(16)4)14-6-5-13(8-19)15(18)7-14/h5-7,9,11-12,21H,10H2,1-4H3. The third kappa shape index (κ3) is 3.71. The Kier molecular flexibility index (Phi) is 5.52. The van der Waals surface area contributed by atoms with Gasteiger partial charge in [0.1, 0.15) is 11.9 Å². The van der Waals surface area contributed by atoms with Crippen LogP contribution in [0.25, 0.3) is 0 Å². The Morgan fingerprint density at radius 2 is 2.21 bits per heavy atom. The Balaban J connectivity index is 2.51. The van der Waals surface area contributed by atoms with Gasteiger partial charge in [0.15, 0.2) is 0 Å². The molecule has 1 aromatic heterocycles. The van der Waals surface area contributed by atoms with Crippen LogP contribution in [0.5, 0.6) is 0 Å². The maximum atomic E-state index is 14.1. The SMILES string of the molecule is CC(C)CS(=O)NC(C)(c1ccc(C#N)c(F)c1)c1cncn1C. The number of halogens is 1. The van der Waals surface area contributed by atoms with Gasteiger partial charge in [-0.15, -0.1) is 0 Å². The van der Waals surface area contributed by atoms with Gasteiger partial charge in [0.05, 0.1) is 40.3 Å². The Hall–Kier alpha value is -2.04. The van der Waals surface area contributed by atoms with Crippen LogP contribution in [0.2, 0.25) is 0 Å². The topological polar surface area (TPSA) is 70.7 Å². The maximum Gasteiger partial charge on any atom is 0.141 e. The van der Waals surface area contributed by atoms with Crippen molar-refractivity contribution in [3.05, 3.63) is 53.4 Å². The summed E-state index contributed by atoms with van der Waals surface area (Å²) >= 11 is 0. The summed E-state index contributed by atoms with van der Waals surface area (Å²) in [5, 5.41) is 8.92. The Morgan fingerprint density at radius 3 is 2.71 bits per heavy atom. The van der Waals surface area contributed by atoms with Crippen molar-refractivity contribution < 1.29 is 8.60 Å². The smallest absolute Gasteiger partial charge is 0.141 e. The second kappa shape index (κ2) is 7.24. The van der Waals surface area contributed by atoms with Gasteiger partial charge >= 0.3 is 0 Å². The van der Waals surface area contributed by atoms with E-state index in [1.165, 1.54) is 12.1 Å². The summed E-state index contributed by atoms with van der Waals surface area (Å²) in [6, 6.07) is 6.24. The molecule has 0 aliphatic carbocycles. The molecule has 2 aromatic rings. The molecule has 24 heavy (non-hydrogen) atoms. The van der Waals surface area contributed by atoms with Crippen LogP contribution in [-0.2, 0) is 23.6 Å². The summed E-state index contributed by atoms with van der Waals surface area (Å²) in [6.45, 7) is 5.81. The van der Waals surface area contributed by atoms with E-state index in [0.29, 0.717) is 11.3 Å². The molecule has 0 bridgehead atoms. The number of benzene rings is 1. The molecular weight excluding hydrogens is 327 g/mol. The van der Waals surface area contributed by atoms with Gasteiger partial charge in [-0.05, 0) is 30.5 Å². The van der Waals surface area contributed by atoms with Gasteiger partial charge in [-0.3, -0.25) is 0 Å². The molecule has 7 heteroatoms. The van der Waals surface area contributed by atoms with E-state index in [2.05, 4.69) is 9.71 Å². The number of aromatic nitrogens is 2. The second-order valence-electron chi connectivity index (χ2n) is 6.33. The lowest BCUT2D eigenvalue weighted by Gasteiger charge is -2.31. The molecule has 1 heterocycles. The minimum atomic E-state index is -1.31. The van der Waals surface area contributed by atoms with Gasteiger partial charge in [0.2, 0.25) is 0 Å². The van der Waals surface area contributed by atoms with Crippen molar-refractivity contribution in [1.82, 2.24) is 14.3 Å². The number of hydrogen-bond donors (Lipinski definition) is 1. The number of aryl methyl sites for hydroxylation is 1. The highest BCUT2D eigenvalue weighted by atomic mass is 32.2. The van der Waals surface area contributed by atoms with Crippen molar-refractivity contribution in [2.75, 3.05) is 5.75 Å². The predicted molar refractivity (Wildman–Crippen MR) is 91.8 cm³/mol. The van der Waals surface area contributed by atoms with E-state index in [1.54, 1.807) is 23.2 Å². The largest absolute Gasteiger partial charge is 0.336 e. The maximum absolute atomic E-state index is 14.1. The average molecular weight is 348 g/mol. The molecule has 0 aliphatic heterocycles. The molecule has 0 spiro atoms. The monoisotopic (exact) mass is 348 g/mol. The second-order valence-corrected chi connectivity index (χ2v) is 7.56. The summed E-state index contributed by atoms with van der Waals surface area (Å²) < 4.78 is 31.5. The molecule has 0 aliphatic rings. The third-order valence-corrected chi connectivity index (χ3v) is 5.40. The Morgan fingerprint density at radius 1 is 1.50 bits per heavy atom. The lowest BCUT2D eigenvalue weighted by Crippen LogP contribution is -2.44. The molecule has 2 rings (SSSR count). The zero-order chi connectivity index (χ0) is 17.9. The van der Waals surface area contributed by atoms with Crippen molar-refractivity contribution >= 4 is 11.0 Å². The first kappa shape index (κ1) is 18.3. The van der Waals surface area contributed by atoms with E-state index in [1.807, 2.05) is 33.9 Å². The lowest BCUT2D eigenvalue weighted by atomic mass is 9.89. The number of hydrogen-bond acceptors (Lipinski definition) is 3. The van der Waals surface area contributed by atoms with Crippen LogP contribution in [0.3, 0.4) is 0 Å². The summed E-state index contributed by atoms with van der Waals surface area (Å²) in [5.41, 5.74) is 0.414. The number of rotatable bonds is 6. The van der Waals surface area contributed by atoms with E-state index >= 15 is 0 Å². The number of nitrogens with one attached hydrogen (secondary N) is 1. The number of imidazole rings is 1. The van der Waals surface area contributed by atoms with Crippen molar-refractivity contribution in [2.24, 2.45) is 13.0 Å². The zero-order valence-electron chi connectivity index (χ0n) is 14.2. The minimum absolute atomic E-state index is 0.0191. The number of nitrogens with zero attached hydrogens (tertiary/aromatic N) is 3. The van der Waals surface area contributed by atoms with Crippen LogP contribution in [0.1, 0.15) is 37.6 Å². The van der Waals surface area contributed by atoms with Crippen molar-refractivity contribution in [2.45, 2.75) is 26.3 Å². The van der Waals surface area contributed by atoms with Crippen LogP contribution >= 0.6 is 0 Å². The molecule has 0 amide bonds. The van der Waals surface area contributed by atoms with Crippen molar-refractivity contribution in [1.29, 1.82) is 5.26 Å². The van der Waals surface area contributed by atoms with Gasteiger partial charge in [-0.1, -0.05) is 19.9 Å². The molecule has 2 atom stereocenters. The van der Waals surface area contributed by atoms with Gasteiger partial charge < -0.3 is 4.57 Å². The van der Waals surface area contributed by atoms with Crippen LogP contribution in [0.4, 0.5) is 4.39 Å². The molecular formula is C17H21FN4OS. The highest BCUT2D eigenvalue weighted by Crippen LogP contribution is 2.30. The first-order valence-electron chi connectivity index (χ1n) is 7.61. The fraction of sp³-hybridized carbons (Fsp3) is 0.412. The van der Waals surface area contributed by atoms with Crippen molar-refractivity contribution in [3.63, 3.8) is 0 Å². The first-order chi connectivity index (χ1) is 11.3. The molecule has 2 unspecified atom stereocenters. The van der Waals surface area contributed by atoms with E-state index < -0.39 is 22.3 Å². The van der Waals surface area contributed by atoms with E-state index in [-0.39, 0.29) is 11.5 Å². The van der Waals surface area contributed by atoms with Crippen LogP contribution < -0.4 is 4.72 Å². The van der Waals surface area contributed by atoms with Gasteiger partial charge in [-0.25, -0.2) is 18.3 Å². The van der Waals surface area contributed by atoms with Crippen LogP contribution in [0, 0.1) is 23.1 Å². The van der Waals surface area contributed by atoms with Crippen molar-refractivity contribution in [3.8, 4) is 6.07 Å². The molecule has 1 N–H and O–H groups in total. The van der Waals surface area contributed by atoms with Crippen LogP contribution in [0.15, 0.2) is 30.7 Å². The zero-order valence-corrected chi connectivity index (χ0v) is 15.0. The van der Waals surface area contributed by atoms with Gasteiger partial charge in [-0.2, -0.15) is 5.26 Å². The molecule has 1 aromatic carbocycles. The molecule has 5 nitrogen and oxygen atoms in total. The van der Waals surface area contributed by atoms with Gasteiger partial charge in [0, 0.05) is 12.8 Å². The summed E-state index contributed by atoms with van der Waals surface area (Å²) in [4.78, 5) is 4.12. The highest BCUT2D eigenvalue weighted by Gasteiger charge is 2.34. The minimum Gasteiger partial charge on any atom is -0.336 e. The Bertz CT molecular complexity index is 796. The predicted octanol–water partition coefficient (Wildman–Crippen LogP) is 2.60. The van der Waals surface area contributed by atoms with E-state index in [4.69, 9.17) is 5.26 Å². The van der Waals surface area contributed by atoms with E-state index in [0.717, 1.165) is 5.69 Å². The summed E-state index contributed by atoms with van der Waals surface area (Å²) in [7, 11) is 0.522. The highest BCUT2D eigenvalue weighted by molar-refractivity contribution is 7.83. The fourth-order valence-electron chi connectivity index (χ4n) is 2.59. The first-order valence-corrected chi connectivity index (χ1v) is 8.93. The normalized spacial score (nSPS) is 15.0. The molecule has 0 saturated carbocycles. The molecule has 0 saturated heterocycles. The fourth-order valence-corrected chi connectivity index (χ4v) is 3.95. The summed E-state index contributed by atoms with van der Waals surface area (Å²) in [5.74, 6) is 0.137.